The predicted octanol–water partition coefficient (Wildman–Crippen LogP) is 3.71. The molecule has 0 saturated heterocycles. The first-order chi connectivity index (χ1) is 11.0. The van der Waals surface area contributed by atoms with Gasteiger partial charge in [-0.15, -0.1) is 0 Å². The molecule has 1 aliphatic carbocycles. The highest BCUT2D eigenvalue weighted by molar-refractivity contribution is 5.81. The third-order valence-corrected chi connectivity index (χ3v) is 4.09. The van der Waals surface area contributed by atoms with Gasteiger partial charge in [0.2, 0.25) is 0 Å². The average molecular weight is 318 g/mol. The zero-order valence-electron chi connectivity index (χ0n) is 13.3. The number of carbonyl (C=O) groups excluding carboxylic acids is 1. The number of nitrogens with zero attached hydrogens (tertiary/aromatic N) is 1. The van der Waals surface area contributed by atoms with E-state index in [4.69, 9.17) is 10.6 Å². The maximum Gasteiger partial charge on any atom is 0.339 e. The Morgan fingerprint density at radius 3 is 2.96 bits per heavy atom. The molecule has 0 radical (unpaired) electrons. The largest absolute Gasteiger partial charge is 0.384 e. The highest BCUT2D eigenvalue weighted by Gasteiger charge is 2.16. The van der Waals surface area contributed by atoms with Crippen LogP contribution in [0.15, 0.2) is 41.6 Å². The Labute approximate surface area is 136 Å². The van der Waals surface area contributed by atoms with Crippen molar-refractivity contribution in [1.82, 2.24) is 0 Å². The van der Waals surface area contributed by atoms with Gasteiger partial charge in [0.15, 0.2) is 0 Å². The summed E-state index contributed by atoms with van der Waals surface area (Å²) >= 11 is 0. The van der Waals surface area contributed by atoms with Gasteiger partial charge in [-0.2, -0.15) is 0 Å². The van der Waals surface area contributed by atoms with Gasteiger partial charge in [0, 0.05) is 6.42 Å². The van der Waals surface area contributed by atoms with Crippen LogP contribution in [0.3, 0.4) is 0 Å². The summed E-state index contributed by atoms with van der Waals surface area (Å²) in [5.74, 6) is -0.176. The first-order valence-electron chi connectivity index (χ1n) is 7.97. The van der Waals surface area contributed by atoms with Crippen LogP contribution >= 0.6 is 0 Å². The fraction of sp³-hybridized carbons (Fsp3) is 0.444. The Morgan fingerprint density at radius 2 is 2.22 bits per heavy atom. The number of hydrogen-bond donors (Lipinski definition) is 1. The van der Waals surface area contributed by atoms with Gasteiger partial charge >= 0.3 is 5.97 Å². The minimum absolute atomic E-state index is 0.161. The minimum Gasteiger partial charge on any atom is -0.384 e. The van der Waals surface area contributed by atoms with Crippen LogP contribution in [0, 0.1) is 11.7 Å². The van der Waals surface area contributed by atoms with E-state index in [1.807, 2.05) is 0 Å². The standard InChI is InChI=1S/C18H23FN2O2/c1-13-5-4-6-14(11-13)9-10-17(20)21-23-18(22)12-15-7-2-3-8-16(15)19/h2-3,7-8,14H,1,4-6,9-12H2,(H2,20,21). The maximum atomic E-state index is 13.4. The number of nitrogens with two attached hydrogens (primary N) is 1. The van der Waals surface area contributed by atoms with Gasteiger partial charge in [0.25, 0.3) is 0 Å². The molecule has 1 fully saturated rings. The lowest BCUT2D eigenvalue weighted by Gasteiger charge is -2.23. The molecule has 2 rings (SSSR count). The number of benzene rings is 1. The first-order valence-corrected chi connectivity index (χ1v) is 7.97. The molecule has 1 aromatic carbocycles. The summed E-state index contributed by atoms with van der Waals surface area (Å²) in [7, 11) is 0. The monoisotopic (exact) mass is 318 g/mol. The molecule has 2 N–H and O–H groups in total. The smallest absolute Gasteiger partial charge is 0.339 e. The van der Waals surface area contributed by atoms with Crippen LogP contribution in [0.5, 0.6) is 0 Å². The van der Waals surface area contributed by atoms with Crippen molar-refractivity contribution in [1.29, 1.82) is 0 Å². The second-order valence-corrected chi connectivity index (χ2v) is 6.07. The van der Waals surface area contributed by atoms with Crippen molar-refractivity contribution in [2.45, 2.75) is 44.9 Å². The molecule has 1 aliphatic rings. The minimum atomic E-state index is -0.621. The summed E-state index contributed by atoms with van der Waals surface area (Å²) in [5.41, 5.74) is 7.36. The second kappa shape index (κ2) is 8.46. The Balaban J connectivity index is 1.74. The van der Waals surface area contributed by atoms with E-state index in [-0.39, 0.29) is 12.0 Å². The van der Waals surface area contributed by atoms with Gasteiger partial charge < -0.3 is 10.6 Å². The Bertz CT molecular complexity index is 598. The number of carbonyl (C=O) groups is 1. The van der Waals surface area contributed by atoms with Gasteiger partial charge in [-0.1, -0.05) is 35.5 Å². The second-order valence-electron chi connectivity index (χ2n) is 6.07. The van der Waals surface area contributed by atoms with E-state index in [2.05, 4.69) is 11.7 Å². The van der Waals surface area contributed by atoms with Crippen molar-refractivity contribution in [3.05, 3.63) is 47.8 Å². The molecule has 0 aromatic heterocycles. The Morgan fingerprint density at radius 1 is 1.43 bits per heavy atom. The van der Waals surface area contributed by atoms with Crippen molar-refractivity contribution in [3.8, 4) is 0 Å². The van der Waals surface area contributed by atoms with E-state index in [0.717, 1.165) is 19.3 Å². The molecule has 0 bridgehead atoms. The number of oxime groups is 1. The van der Waals surface area contributed by atoms with E-state index < -0.39 is 11.8 Å². The van der Waals surface area contributed by atoms with E-state index in [1.165, 1.54) is 24.5 Å². The molecule has 0 aliphatic heterocycles. The number of amidine groups is 1. The number of hydrogen-bond acceptors (Lipinski definition) is 3. The van der Waals surface area contributed by atoms with E-state index in [1.54, 1.807) is 18.2 Å². The molecular weight excluding hydrogens is 295 g/mol. The molecule has 0 heterocycles. The summed E-state index contributed by atoms with van der Waals surface area (Å²) in [6.45, 7) is 4.04. The van der Waals surface area contributed by atoms with Crippen molar-refractivity contribution in [2.24, 2.45) is 16.8 Å². The number of halogens is 1. The highest BCUT2D eigenvalue weighted by atomic mass is 19.1. The summed E-state index contributed by atoms with van der Waals surface area (Å²) in [4.78, 5) is 16.4. The van der Waals surface area contributed by atoms with E-state index in [0.29, 0.717) is 18.2 Å². The molecular formula is C18H23FN2O2. The number of allylic oxidation sites excluding steroid dienone is 1. The molecule has 23 heavy (non-hydrogen) atoms. The van der Waals surface area contributed by atoms with Crippen molar-refractivity contribution in [3.63, 3.8) is 0 Å². The average Bonchev–Trinajstić information content (AvgIpc) is 2.53. The lowest BCUT2D eigenvalue weighted by atomic mass is 9.83. The van der Waals surface area contributed by atoms with Gasteiger partial charge in [0.05, 0.1) is 6.42 Å². The van der Waals surface area contributed by atoms with Gasteiger partial charge in [-0.05, 0) is 49.7 Å². The van der Waals surface area contributed by atoms with Crippen LogP contribution in [0.1, 0.15) is 44.1 Å². The molecule has 1 aromatic rings. The molecule has 1 atom stereocenters. The summed E-state index contributed by atoms with van der Waals surface area (Å²) in [6.07, 6.45) is 5.86. The molecule has 0 amide bonds. The first kappa shape index (κ1) is 17.2. The summed E-state index contributed by atoms with van der Waals surface area (Å²) in [5, 5.41) is 3.65. The molecule has 1 unspecified atom stereocenters. The van der Waals surface area contributed by atoms with Crippen LogP contribution in [0.2, 0.25) is 0 Å². The van der Waals surface area contributed by atoms with Gasteiger partial charge in [-0.3, -0.25) is 0 Å². The molecule has 124 valence electrons. The fourth-order valence-electron chi connectivity index (χ4n) is 2.84. The van der Waals surface area contributed by atoms with E-state index in [9.17, 15) is 9.18 Å². The predicted molar refractivity (Wildman–Crippen MR) is 88.2 cm³/mol. The molecule has 5 heteroatoms. The van der Waals surface area contributed by atoms with Crippen molar-refractivity contribution >= 4 is 11.8 Å². The lowest BCUT2D eigenvalue weighted by Crippen LogP contribution is -2.17. The van der Waals surface area contributed by atoms with Crippen molar-refractivity contribution < 1.29 is 14.0 Å². The Hall–Kier alpha value is -2.17. The molecule has 4 nitrogen and oxygen atoms in total. The quantitative estimate of drug-likeness (QED) is 0.286. The lowest BCUT2D eigenvalue weighted by molar-refractivity contribution is -0.142. The van der Waals surface area contributed by atoms with Crippen LogP contribution in [-0.2, 0) is 16.1 Å². The zero-order chi connectivity index (χ0) is 16.7. The Kier molecular flexibility index (Phi) is 6.32. The van der Waals surface area contributed by atoms with Crippen LogP contribution in [0.25, 0.3) is 0 Å². The normalized spacial score (nSPS) is 18.7. The summed E-state index contributed by atoms with van der Waals surface area (Å²) < 4.78 is 13.4. The van der Waals surface area contributed by atoms with E-state index >= 15 is 0 Å². The summed E-state index contributed by atoms with van der Waals surface area (Å²) in [6, 6.07) is 6.08. The molecule has 1 saturated carbocycles. The zero-order valence-corrected chi connectivity index (χ0v) is 13.3. The third-order valence-electron chi connectivity index (χ3n) is 4.09. The topological polar surface area (TPSA) is 64.7 Å². The fourth-order valence-corrected chi connectivity index (χ4v) is 2.84. The van der Waals surface area contributed by atoms with Crippen LogP contribution in [-0.4, -0.2) is 11.8 Å². The van der Waals surface area contributed by atoms with Gasteiger partial charge in [0.1, 0.15) is 11.7 Å². The highest BCUT2D eigenvalue weighted by Crippen LogP contribution is 2.30. The van der Waals surface area contributed by atoms with Crippen LogP contribution < -0.4 is 5.73 Å². The number of rotatable bonds is 6. The maximum absolute atomic E-state index is 13.4. The SMILES string of the molecule is C=C1CCCC(CC/C(N)=N/OC(=O)Cc2ccccc2F)C1. The van der Waals surface area contributed by atoms with Crippen molar-refractivity contribution in [2.75, 3.05) is 0 Å². The third kappa shape index (κ3) is 5.85. The van der Waals surface area contributed by atoms with Crippen LogP contribution in [0.4, 0.5) is 4.39 Å². The molecule has 0 spiro atoms. The van der Waals surface area contributed by atoms with Gasteiger partial charge in [-0.25, -0.2) is 9.18 Å².